The third-order valence-electron chi connectivity index (χ3n) is 5.58. The minimum Gasteiger partial charge on any atom is -0.463 e. The highest BCUT2D eigenvalue weighted by atomic mass is 32.2. The van der Waals surface area contributed by atoms with Crippen LogP contribution >= 0.6 is 11.8 Å². The molecule has 33 heavy (non-hydrogen) atoms. The van der Waals surface area contributed by atoms with E-state index in [2.05, 4.69) is 47.0 Å². The lowest BCUT2D eigenvalue weighted by molar-refractivity contribution is -0.137. The van der Waals surface area contributed by atoms with Gasteiger partial charge in [0.25, 0.3) is 0 Å². The van der Waals surface area contributed by atoms with Gasteiger partial charge in [-0.1, -0.05) is 91.0 Å². The molecular weight excluding hydrogens is 432 g/mol. The van der Waals surface area contributed by atoms with Crippen molar-refractivity contribution >= 4 is 23.6 Å². The van der Waals surface area contributed by atoms with Crippen LogP contribution in [0.15, 0.2) is 102 Å². The molecule has 168 valence electrons. The first-order chi connectivity index (χ1) is 16.1. The number of nitrogens with one attached hydrogen (secondary N) is 2. The van der Waals surface area contributed by atoms with Gasteiger partial charge >= 0.3 is 5.97 Å². The average molecular weight is 459 g/mol. The highest BCUT2D eigenvalue weighted by molar-refractivity contribution is 8.02. The van der Waals surface area contributed by atoms with Crippen molar-refractivity contribution in [3.63, 3.8) is 0 Å². The van der Waals surface area contributed by atoms with Crippen LogP contribution in [0.3, 0.4) is 0 Å². The molecule has 5 nitrogen and oxygen atoms in total. The molecule has 4 rings (SSSR count). The largest absolute Gasteiger partial charge is 0.463 e. The van der Waals surface area contributed by atoms with Gasteiger partial charge in [-0.3, -0.25) is 10.1 Å². The molecule has 0 aliphatic carbocycles. The molecule has 0 aromatic heterocycles. The van der Waals surface area contributed by atoms with Gasteiger partial charge in [0, 0.05) is 6.08 Å². The first-order valence-corrected chi connectivity index (χ1v) is 11.8. The number of hydrogen-bond acceptors (Lipinski definition) is 5. The van der Waals surface area contributed by atoms with Crippen molar-refractivity contribution in [3.8, 4) is 0 Å². The van der Waals surface area contributed by atoms with Crippen LogP contribution in [-0.2, 0) is 19.9 Å². The van der Waals surface area contributed by atoms with E-state index in [-0.39, 0.29) is 11.3 Å². The SMILES string of the molecule is CCOC(=O)C=CS[C@H]1NC(=O)[C@H]1NC(c1ccccc1)(c1ccccc1)c1ccccc1. The van der Waals surface area contributed by atoms with Gasteiger partial charge in [-0.25, -0.2) is 4.79 Å². The number of benzene rings is 3. The lowest BCUT2D eigenvalue weighted by Gasteiger charge is -2.45. The molecule has 0 radical (unpaired) electrons. The fraction of sp³-hybridized carbons (Fsp3) is 0.185. The van der Waals surface area contributed by atoms with Gasteiger partial charge in [-0.15, -0.1) is 11.8 Å². The van der Waals surface area contributed by atoms with Crippen molar-refractivity contribution in [1.82, 2.24) is 10.6 Å². The van der Waals surface area contributed by atoms with Gasteiger partial charge in [-0.2, -0.15) is 0 Å². The summed E-state index contributed by atoms with van der Waals surface area (Å²) in [6, 6.07) is 30.0. The number of amides is 1. The van der Waals surface area contributed by atoms with Gasteiger partial charge < -0.3 is 10.1 Å². The molecule has 0 bridgehead atoms. The van der Waals surface area contributed by atoms with Gasteiger partial charge in [0.2, 0.25) is 5.91 Å². The Balaban J connectivity index is 1.73. The molecule has 1 fully saturated rings. The van der Waals surface area contributed by atoms with Crippen molar-refractivity contribution in [2.45, 2.75) is 23.9 Å². The van der Waals surface area contributed by atoms with Crippen LogP contribution in [0, 0.1) is 0 Å². The lowest BCUT2D eigenvalue weighted by atomic mass is 9.76. The first-order valence-electron chi connectivity index (χ1n) is 10.9. The number of esters is 1. The maximum Gasteiger partial charge on any atom is 0.331 e. The second kappa shape index (κ2) is 10.5. The van der Waals surface area contributed by atoms with Gasteiger partial charge in [0.15, 0.2) is 0 Å². The summed E-state index contributed by atoms with van der Waals surface area (Å²) in [6.07, 6.45) is 1.38. The minimum absolute atomic E-state index is 0.0794. The maximum atomic E-state index is 12.7. The van der Waals surface area contributed by atoms with Crippen LogP contribution in [0.2, 0.25) is 0 Å². The molecule has 1 saturated heterocycles. The smallest absolute Gasteiger partial charge is 0.331 e. The minimum atomic E-state index is -0.740. The summed E-state index contributed by atoms with van der Waals surface area (Å²) in [6.45, 7) is 2.09. The monoisotopic (exact) mass is 458 g/mol. The van der Waals surface area contributed by atoms with Crippen LogP contribution in [0.5, 0.6) is 0 Å². The Morgan fingerprint density at radius 1 is 0.939 bits per heavy atom. The summed E-state index contributed by atoms with van der Waals surface area (Å²) in [5.74, 6) is -0.475. The molecule has 3 aromatic rings. The normalized spacial score (nSPS) is 17.9. The highest BCUT2D eigenvalue weighted by Crippen LogP contribution is 2.39. The number of rotatable bonds is 9. The highest BCUT2D eigenvalue weighted by Gasteiger charge is 2.47. The number of hydrogen-bond donors (Lipinski definition) is 2. The van der Waals surface area contributed by atoms with E-state index in [9.17, 15) is 9.59 Å². The summed E-state index contributed by atoms with van der Waals surface area (Å²) in [4.78, 5) is 24.3. The fourth-order valence-electron chi connectivity index (χ4n) is 4.03. The number of thioether (sulfide) groups is 1. The molecule has 0 spiro atoms. The first kappa shape index (κ1) is 22.8. The van der Waals surface area contributed by atoms with Crippen LogP contribution in [0.25, 0.3) is 0 Å². The second-order valence-corrected chi connectivity index (χ2v) is 8.64. The maximum absolute atomic E-state index is 12.7. The number of carbonyl (C=O) groups excluding carboxylic acids is 2. The Morgan fingerprint density at radius 2 is 1.42 bits per heavy atom. The molecule has 0 saturated carbocycles. The molecule has 2 atom stereocenters. The molecule has 0 unspecified atom stereocenters. The molecule has 1 aliphatic heterocycles. The second-order valence-electron chi connectivity index (χ2n) is 7.59. The Kier molecular flexibility index (Phi) is 7.27. The third-order valence-corrected chi connectivity index (χ3v) is 6.55. The summed E-state index contributed by atoms with van der Waals surface area (Å²) < 4.78 is 4.94. The zero-order chi connectivity index (χ0) is 23.1. The quantitative estimate of drug-likeness (QED) is 0.218. The van der Waals surface area contributed by atoms with Gasteiger partial charge in [-0.05, 0) is 29.0 Å². The summed E-state index contributed by atoms with van der Waals surface area (Å²) in [7, 11) is 0. The van der Waals surface area contributed by atoms with Crippen LogP contribution in [0.4, 0.5) is 0 Å². The van der Waals surface area contributed by atoms with Crippen molar-refractivity contribution in [3.05, 3.63) is 119 Å². The van der Waals surface area contributed by atoms with Crippen molar-refractivity contribution in [2.24, 2.45) is 0 Å². The molecule has 1 aliphatic rings. The Morgan fingerprint density at radius 3 is 1.85 bits per heavy atom. The van der Waals surface area contributed by atoms with E-state index in [1.54, 1.807) is 12.3 Å². The van der Waals surface area contributed by atoms with E-state index < -0.39 is 17.6 Å². The molecule has 3 aromatic carbocycles. The summed E-state index contributed by atoms with van der Waals surface area (Å²) in [5.41, 5.74) is 2.37. The zero-order valence-electron chi connectivity index (χ0n) is 18.3. The van der Waals surface area contributed by atoms with E-state index in [4.69, 9.17) is 4.74 Å². The third kappa shape index (κ3) is 4.87. The predicted octanol–water partition coefficient (Wildman–Crippen LogP) is 4.20. The van der Waals surface area contributed by atoms with E-state index in [1.165, 1.54) is 17.8 Å². The summed E-state index contributed by atoms with van der Waals surface area (Å²) >= 11 is 1.38. The average Bonchev–Trinajstić information content (AvgIpc) is 2.86. The van der Waals surface area contributed by atoms with Crippen molar-refractivity contribution < 1.29 is 14.3 Å². The molecule has 1 amide bonds. The predicted molar refractivity (Wildman–Crippen MR) is 131 cm³/mol. The van der Waals surface area contributed by atoms with Crippen LogP contribution in [-0.4, -0.2) is 29.9 Å². The van der Waals surface area contributed by atoms with Gasteiger partial charge in [0.05, 0.1) is 12.1 Å². The lowest BCUT2D eigenvalue weighted by Crippen LogP contribution is -2.70. The molecule has 2 N–H and O–H groups in total. The number of ether oxygens (including phenoxy) is 1. The van der Waals surface area contributed by atoms with Crippen molar-refractivity contribution in [2.75, 3.05) is 6.61 Å². The fourth-order valence-corrected chi connectivity index (χ4v) is 4.92. The van der Waals surface area contributed by atoms with E-state index >= 15 is 0 Å². The van der Waals surface area contributed by atoms with E-state index in [0.29, 0.717) is 6.61 Å². The standard InChI is InChI=1S/C27H26N2O3S/c1-2-32-23(30)18-19-33-26-24(25(31)28-26)29-27(20-12-6-3-7-13-20,21-14-8-4-9-15-21)22-16-10-5-11-17-22/h3-19,24,26,29H,2H2,1H3,(H,28,31)/t24-,26-/m1/s1. The summed E-state index contributed by atoms with van der Waals surface area (Å²) in [5, 5.41) is 8.08. The van der Waals surface area contributed by atoms with Crippen LogP contribution in [0.1, 0.15) is 23.6 Å². The van der Waals surface area contributed by atoms with E-state index in [1.807, 2.05) is 54.6 Å². The topological polar surface area (TPSA) is 67.4 Å². The van der Waals surface area contributed by atoms with Crippen LogP contribution < -0.4 is 10.6 Å². The molecule has 6 heteroatoms. The zero-order valence-corrected chi connectivity index (χ0v) is 19.1. The number of β-lactam (4-membered cyclic amide) rings is 1. The Hall–Kier alpha value is -3.35. The van der Waals surface area contributed by atoms with Gasteiger partial charge in [0.1, 0.15) is 11.4 Å². The van der Waals surface area contributed by atoms with Crippen molar-refractivity contribution in [1.29, 1.82) is 0 Å². The molecular formula is C27H26N2O3S. The Bertz CT molecular complexity index is 1010. The van der Waals surface area contributed by atoms with E-state index in [0.717, 1.165) is 16.7 Å². The number of carbonyl (C=O) groups is 2. The Labute approximate surface area is 198 Å². The molecule has 1 heterocycles.